The van der Waals surface area contributed by atoms with Crippen molar-refractivity contribution in [1.82, 2.24) is 21.3 Å². The molecule has 2 aromatic rings. The summed E-state index contributed by atoms with van der Waals surface area (Å²) in [4.78, 5) is 116. The lowest BCUT2D eigenvalue weighted by atomic mass is 9.71. The van der Waals surface area contributed by atoms with Crippen LogP contribution in [0, 0.1) is 0 Å². The van der Waals surface area contributed by atoms with Gasteiger partial charge in [0, 0.05) is 80.8 Å². The third-order valence-corrected chi connectivity index (χ3v) is 14.9. The average Bonchev–Trinajstić information content (AvgIpc) is 3.11. The summed E-state index contributed by atoms with van der Waals surface area (Å²) in [5.41, 5.74) is 1.94. The Kier molecular flexibility index (Phi) is 25.1. The fourth-order valence-corrected chi connectivity index (χ4v) is 10.4. The third kappa shape index (κ3) is 17.9. The SMILES string of the molecule is COc1cccc2c1C(=O)c1c(O)c3c(c(O)c1C2=O)C[C@@](O)(C(CO)=NC(=O)CCCCC(=O)NCCCCCCCCCCC(=O)NCCCC[C@H](NC(=O)N[C@@H](CCC(=O)O)C(=O)O)C(=O)O)C[C@@H]3O[C@H]1C[C@H](N)[C@H](O)[C@H](C)O1. The minimum atomic E-state index is -2.22. The smallest absolute Gasteiger partial charge is 0.326 e. The van der Waals surface area contributed by atoms with Crippen LogP contribution >= 0.6 is 0 Å². The predicted octanol–water partition coefficient (Wildman–Crippen LogP) is 2.94. The Morgan fingerprint density at radius 2 is 1.32 bits per heavy atom. The van der Waals surface area contributed by atoms with Crippen LogP contribution in [-0.2, 0) is 44.7 Å². The van der Waals surface area contributed by atoms with E-state index >= 15 is 0 Å². The number of phenols is 2. The number of aliphatic hydroxyl groups is 3. The summed E-state index contributed by atoms with van der Waals surface area (Å²) in [6, 6.07) is -0.351. The van der Waals surface area contributed by atoms with Gasteiger partial charge in [-0.05, 0) is 64.4 Å². The second-order valence-electron chi connectivity index (χ2n) is 21.0. The van der Waals surface area contributed by atoms with Crippen molar-refractivity contribution in [1.29, 1.82) is 0 Å². The zero-order valence-electron chi connectivity index (χ0n) is 46.2. The molecule has 0 spiro atoms. The molecule has 82 heavy (non-hydrogen) atoms. The Balaban J connectivity index is 0.986. The molecule has 0 aromatic heterocycles. The number of aromatic hydroxyl groups is 2. The third-order valence-electron chi connectivity index (χ3n) is 14.9. The number of aliphatic imine (C=N–C) groups is 1. The normalized spacial score (nSPS) is 21.0. The van der Waals surface area contributed by atoms with Crippen LogP contribution in [-0.4, -0.2) is 169 Å². The van der Waals surface area contributed by atoms with Crippen molar-refractivity contribution >= 4 is 58.9 Å². The number of aliphatic hydroxyl groups excluding tert-OH is 2. The molecule has 3 aliphatic rings. The number of carbonyl (C=O) groups excluding carboxylic acids is 6. The van der Waals surface area contributed by atoms with Gasteiger partial charge in [-0.15, -0.1) is 0 Å². The molecule has 1 heterocycles. The number of hydrogen-bond donors (Lipinski definition) is 13. The second kappa shape index (κ2) is 31.4. The molecule has 14 N–H and O–H groups in total. The molecule has 1 fully saturated rings. The van der Waals surface area contributed by atoms with Crippen molar-refractivity contribution in [3.8, 4) is 17.2 Å². The number of carboxylic acid groups (broad SMARTS) is 3. The summed E-state index contributed by atoms with van der Waals surface area (Å²) in [7, 11) is 1.31. The van der Waals surface area contributed by atoms with E-state index in [1.807, 2.05) is 0 Å². The van der Waals surface area contributed by atoms with Crippen LogP contribution in [0.2, 0.25) is 0 Å². The van der Waals surface area contributed by atoms with E-state index in [4.69, 9.17) is 25.1 Å². The van der Waals surface area contributed by atoms with Crippen molar-refractivity contribution < 1.29 is 98.2 Å². The van der Waals surface area contributed by atoms with Crippen LogP contribution in [0.25, 0.3) is 0 Å². The van der Waals surface area contributed by atoms with E-state index in [2.05, 4.69) is 26.3 Å². The molecule has 5 amide bonds. The van der Waals surface area contributed by atoms with Gasteiger partial charge in [-0.25, -0.2) is 19.4 Å². The van der Waals surface area contributed by atoms with Crippen molar-refractivity contribution in [3.63, 3.8) is 0 Å². The first-order valence-corrected chi connectivity index (χ1v) is 27.8. The van der Waals surface area contributed by atoms with Crippen LogP contribution in [0.5, 0.6) is 17.2 Å². The van der Waals surface area contributed by atoms with Gasteiger partial charge in [0.15, 0.2) is 12.1 Å². The number of benzene rings is 2. The van der Waals surface area contributed by atoms with E-state index in [1.54, 1.807) is 6.92 Å². The molecule has 5 rings (SSSR count). The topological polar surface area (TPSA) is 430 Å². The van der Waals surface area contributed by atoms with Crippen LogP contribution in [0.3, 0.4) is 0 Å². The van der Waals surface area contributed by atoms with E-state index in [-0.39, 0.29) is 78.3 Å². The minimum absolute atomic E-state index is 0.0231. The first-order chi connectivity index (χ1) is 39.0. The summed E-state index contributed by atoms with van der Waals surface area (Å²) in [5, 5.41) is 94.5. The zero-order valence-corrected chi connectivity index (χ0v) is 46.2. The maximum atomic E-state index is 14.1. The maximum Gasteiger partial charge on any atom is 0.326 e. The van der Waals surface area contributed by atoms with Gasteiger partial charge in [0.2, 0.25) is 23.5 Å². The second-order valence-corrected chi connectivity index (χ2v) is 21.0. The molecular weight excluding hydrogens is 1080 g/mol. The van der Waals surface area contributed by atoms with E-state index < -0.39 is 144 Å². The van der Waals surface area contributed by atoms with Gasteiger partial charge < -0.3 is 82.1 Å². The lowest BCUT2D eigenvalue weighted by Gasteiger charge is -2.43. The number of nitrogens with zero attached hydrogens (tertiary/aromatic N) is 1. The lowest BCUT2D eigenvalue weighted by molar-refractivity contribution is -0.245. The van der Waals surface area contributed by atoms with Crippen molar-refractivity contribution in [3.05, 3.63) is 51.6 Å². The lowest BCUT2D eigenvalue weighted by Crippen LogP contribution is -2.53. The standard InChI is InChI=1S/C56H78N6O20/c1-30-48(69)33(57)26-43(81-30)82-37-28-56(79,27-32-45(37)52(73)47-46(50(32)71)49(70)31-16-15-18-36(80-2)44(31)51(47)72)38(29-63)62-41(66)21-11-10-20-40(65)58-24-13-8-6-4-3-5-7-9-19-39(64)59-25-14-12-17-34(53(74)75)60-55(78)61-35(54(76)77)22-23-42(67)68/h15-16,18,30,33-35,37,43,48,63,69,71,73,79H,3-14,17,19-29,57H2,1-2H3,(H,58,65)(H,59,64)(H,67,68)(H,74,75)(H,76,77)(H2,60,61,78)/t30-,33-,34-,35-,37-,43-,48+,56-/m0/s1. The average molecular weight is 1160 g/mol. The highest BCUT2D eigenvalue weighted by atomic mass is 16.7. The predicted molar refractivity (Wildman–Crippen MR) is 290 cm³/mol. The zero-order chi connectivity index (χ0) is 60.3. The van der Waals surface area contributed by atoms with Crippen molar-refractivity contribution in [2.75, 3.05) is 26.8 Å². The van der Waals surface area contributed by atoms with Crippen LogP contribution in [0.4, 0.5) is 4.79 Å². The highest BCUT2D eigenvalue weighted by molar-refractivity contribution is 6.31. The number of methoxy groups -OCH3 is 1. The molecular formula is C56H78N6O20. The van der Waals surface area contributed by atoms with Crippen LogP contribution in [0.1, 0.15) is 184 Å². The fraction of sp³-hybridized carbons (Fsp3) is 0.607. The Morgan fingerprint density at radius 3 is 1.90 bits per heavy atom. The van der Waals surface area contributed by atoms with Gasteiger partial charge in [-0.3, -0.25) is 28.8 Å². The van der Waals surface area contributed by atoms with Gasteiger partial charge in [0.05, 0.1) is 54.4 Å². The number of carboxylic acids is 3. The molecule has 26 heteroatoms. The molecule has 0 saturated carbocycles. The largest absolute Gasteiger partial charge is 0.507 e. The van der Waals surface area contributed by atoms with Gasteiger partial charge >= 0.3 is 23.9 Å². The van der Waals surface area contributed by atoms with Gasteiger partial charge in [-0.1, -0.05) is 50.7 Å². The van der Waals surface area contributed by atoms with Crippen LogP contribution in [0.15, 0.2) is 23.2 Å². The molecule has 2 aromatic carbocycles. The minimum Gasteiger partial charge on any atom is -0.507 e. The Labute approximate surface area is 473 Å². The molecule has 2 aliphatic carbocycles. The quantitative estimate of drug-likeness (QED) is 0.0237. The van der Waals surface area contributed by atoms with Crippen molar-refractivity contribution in [2.45, 2.75) is 190 Å². The molecule has 0 radical (unpaired) electrons. The number of aliphatic carboxylic acids is 3. The van der Waals surface area contributed by atoms with E-state index in [0.717, 1.165) is 44.9 Å². The molecule has 452 valence electrons. The monoisotopic (exact) mass is 1150 g/mol. The number of carbonyl (C=O) groups is 9. The first kappa shape index (κ1) is 65.7. The number of rotatable bonds is 33. The number of amides is 5. The fourth-order valence-electron chi connectivity index (χ4n) is 10.4. The summed E-state index contributed by atoms with van der Waals surface area (Å²) in [6.45, 7) is 1.43. The highest BCUT2D eigenvalue weighted by Crippen LogP contribution is 2.52. The molecule has 1 saturated heterocycles. The molecule has 8 atom stereocenters. The molecule has 0 unspecified atom stereocenters. The van der Waals surface area contributed by atoms with Gasteiger partial charge in [0.25, 0.3) is 0 Å². The number of fused-ring (bicyclic) bond motifs is 3. The number of nitrogens with two attached hydrogens (primary N) is 1. The number of urea groups is 1. The summed E-state index contributed by atoms with van der Waals surface area (Å²) < 4.78 is 17.5. The maximum absolute atomic E-state index is 14.1. The van der Waals surface area contributed by atoms with E-state index in [1.165, 1.54) is 25.3 Å². The Hall–Kier alpha value is -7.10. The van der Waals surface area contributed by atoms with Gasteiger partial charge in [0.1, 0.15) is 34.9 Å². The van der Waals surface area contributed by atoms with E-state index in [9.17, 15) is 78.9 Å². The molecule has 0 bridgehead atoms. The summed E-state index contributed by atoms with van der Waals surface area (Å²) in [6.07, 6.45) is 2.47. The number of ether oxygens (including phenoxy) is 3. The Bertz CT molecular complexity index is 2670. The molecule has 1 aliphatic heterocycles. The van der Waals surface area contributed by atoms with Gasteiger partial charge in [-0.2, -0.15) is 0 Å². The summed E-state index contributed by atoms with van der Waals surface area (Å²) in [5.74, 6) is -8.07. The van der Waals surface area contributed by atoms with Crippen molar-refractivity contribution in [2.24, 2.45) is 10.7 Å². The van der Waals surface area contributed by atoms with Crippen LogP contribution < -0.4 is 31.7 Å². The highest BCUT2D eigenvalue weighted by Gasteiger charge is 2.50. The summed E-state index contributed by atoms with van der Waals surface area (Å²) >= 11 is 0. The number of phenolic OH excluding ortho intramolecular Hbond substituents is 2. The molecule has 26 nitrogen and oxygen atoms in total. The van der Waals surface area contributed by atoms with E-state index in [0.29, 0.717) is 45.2 Å². The number of hydrogen-bond acceptors (Lipinski definition) is 18. The number of ketones is 2. The number of nitrogens with one attached hydrogen (secondary N) is 4. The Morgan fingerprint density at radius 1 is 0.756 bits per heavy atom. The first-order valence-electron chi connectivity index (χ1n) is 27.8. The number of unbranched alkanes of at least 4 members (excludes halogenated alkanes) is 9.